The van der Waals surface area contributed by atoms with Gasteiger partial charge in [0.05, 0.1) is 0 Å². The molecule has 1 saturated heterocycles. The number of nitrogens with one attached hydrogen (secondary N) is 2. The minimum atomic E-state index is 0.696. The molecule has 3 heteroatoms. The average Bonchev–Trinajstić information content (AvgIpc) is 2.85. The normalized spacial score (nSPS) is 24.9. The third-order valence-electron chi connectivity index (χ3n) is 5.09. The molecular weight excluding hydrogens is 246 g/mol. The van der Waals surface area contributed by atoms with Gasteiger partial charge in [-0.15, -0.1) is 0 Å². The Morgan fingerprint density at radius 2 is 1.95 bits per heavy atom. The van der Waals surface area contributed by atoms with Gasteiger partial charge in [0.2, 0.25) is 0 Å². The van der Waals surface area contributed by atoms with E-state index in [9.17, 15) is 0 Å². The molecular formula is C17H23N3. The van der Waals surface area contributed by atoms with Gasteiger partial charge in [-0.25, -0.2) is 0 Å². The quantitative estimate of drug-likeness (QED) is 0.834. The van der Waals surface area contributed by atoms with Crippen LogP contribution >= 0.6 is 0 Å². The Balaban J connectivity index is 1.81. The third kappa shape index (κ3) is 1.97. The van der Waals surface area contributed by atoms with Crippen LogP contribution in [-0.2, 0) is 6.54 Å². The molecule has 2 N–H and O–H groups in total. The fraction of sp³-hybridized carbons (Fsp3) is 0.529. The van der Waals surface area contributed by atoms with E-state index in [0.29, 0.717) is 5.92 Å². The van der Waals surface area contributed by atoms with E-state index < -0.39 is 0 Å². The van der Waals surface area contributed by atoms with E-state index in [2.05, 4.69) is 46.5 Å². The molecule has 3 heterocycles. The van der Waals surface area contributed by atoms with Crippen molar-refractivity contribution in [2.24, 2.45) is 5.92 Å². The van der Waals surface area contributed by atoms with Crippen molar-refractivity contribution >= 4 is 10.9 Å². The molecule has 3 nitrogen and oxygen atoms in total. The molecule has 1 aromatic carbocycles. The monoisotopic (exact) mass is 269 g/mol. The number of aromatic nitrogens is 1. The van der Waals surface area contributed by atoms with Gasteiger partial charge in [0.25, 0.3) is 0 Å². The number of piperidine rings is 1. The smallest absolute Gasteiger partial charge is 0.0459 e. The molecule has 0 bridgehead atoms. The van der Waals surface area contributed by atoms with Gasteiger partial charge < -0.3 is 15.2 Å². The first-order valence-corrected chi connectivity index (χ1v) is 7.81. The van der Waals surface area contributed by atoms with Crippen molar-refractivity contribution in [3.8, 4) is 0 Å². The first-order chi connectivity index (χ1) is 9.83. The maximum atomic E-state index is 3.66. The van der Waals surface area contributed by atoms with Crippen molar-refractivity contribution in [2.75, 3.05) is 26.7 Å². The molecule has 2 aromatic rings. The Morgan fingerprint density at radius 3 is 2.80 bits per heavy atom. The van der Waals surface area contributed by atoms with Gasteiger partial charge in [-0.2, -0.15) is 0 Å². The predicted molar refractivity (Wildman–Crippen MR) is 83.0 cm³/mol. The molecule has 1 fully saturated rings. The van der Waals surface area contributed by atoms with Gasteiger partial charge in [0, 0.05) is 35.6 Å². The molecule has 1 unspecified atom stereocenters. The summed E-state index contributed by atoms with van der Waals surface area (Å²) in [5.74, 6) is 1.53. The molecule has 4 rings (SSSR count). The van der Waals surface area contributed by atoms with Crippen LogP contribution in [0.3, 0.4) is 0 Å². The number of likely N-dealkylation sites (N-methyl/N-ethyl adjacent to an activating group) is 1. The van der Waals surface area contributed by atoms with E-state index in [1.807, 2.05) is 0 Å². The van der Waals surface area contributed by atoms with E-state index >= 15 is 0 Å². The standard InChI is InChI=1S/C17H23N3/c1-20-10-14(12-6-8-18-9-7-12)17-13-4-2-3-5-15(13)19-16(17)11-20/h2-5,12,14,18-19H,6-11H2,1H3. The maximum absolute atomic E-state index is 3.66. The van der Waals surface area contributed by atoms with Crippen LogP contribution in [0.2, 0.25) is 0 Å². The number of rotatable bonds is 1. The van der Waals surface area contributed by atoms with Crippen LogP contribution in [0.5, 0.6) is 0 Å². The van der Waals surface area contributed by atoms with Gasteiger partial charge in [-0.1, -0.05) is 18.2 Å². The number of fused-ring (bicyclic) bond motifs is 3. The molecule has 1 atom stereocenters. The number of hydrogen-bond acceptors (Lipinski definition) is 2. The first-order valence-electron chi connectivity index (χ1n) is 7.81. The molecule has 0 radical (unpaired) electrons. The molecule has 0 aliphatic carbocycles. The molecule has 106 valence electrons. The lowest BCUT2D eigenvalue weighted by atomic mass is 9.77. The number of nitrogens with zero attached hydrogens (tertiary/aromatic N) is 1. The van der Waals surface area contributed by atoms with Gasteiger partial charge in [-0.3, -0.25) is 0 Å². The Kier molecular flexibility index (Phi) is 3.04. The Bertz CT molecular complexity index is 610. The third-order valence-corrected chi connectivity index (χ3v) is 5.09. The summed E-state index contributed by atoms with van der Waals surface area (Å²) < 4.78 is 0. The molecule has 0 amide bonds. The number of hydrogen-bond donors (Lipinski definition) is 2. The Labute approximate surface area is 120 Å². The molecule has 0 spiro atoms. The molecule has 2 aliphatic heterocycles. The fourth-order valence-electron chi connectivity index (χ4n) is 4.16. The summed E-state index contributed by atoms with van der Waals surface area (Å²) >= 11 is 0. The van der Waals surface area contributed by atoms with E-state index in [-0.39, 0.29) is 0 Å². The van der Waals surface area contributed by atoms with Crippen LogP contribution < -0.4 is 5.32 Å². The van der Waals surface area contributed by atoms with Crippen LogP contribution in [0.1, 0.15) is 30.0 Å². The Hall–Kier alpha value is -1.32. The second kappa shape index (κ2) is 4.90. The summed E-state index contributed by atoms with van der Waals surface area (Å²) in [7, 11) is 2.25. The molecule has 0 saturated carbocycles. The summed E-state index contributed by atoms with van der Waals surface area (Å²) in [4.78, 5) is 6.13. The second-order valence-electron chi connectivity index (χ2n) is 6.45. The second-order valence-corrected chi connectivity index (χ2v) is 6.45. The highest BCUT2D eigenvalue weighted by atomic mass is 15.1. The summed E-state index contributed by atoms with van der Waals surface area (Å²) in [6.07, 6.45) is 2.63. The summed E-state index contributed by atoms with van der Waals surface area (Å²) in [6, 6.07) is 8.82. The van der Waals surface area contributed by atoms with Gasteiger partial charge >= 0.3 is 0 Å². The summed E-state index contributed by atoms with van der Waals surface area (Å²) in [5.41, 5.74) is 4.38. The first kappa shape index (κ1) is 12.4. The van der Waals surface area contributed by atoms with E-state index in [1.165, 1.54) is 49.1 Å². The van der Waals surface area contributed by atoms with Crippen molar-refractivity contribution in [3.63, 3.8) is 0 Å². The molecule has 1 aromatic heterocycles. The van der Waals surface area contributed by atoms with Crippen molar-refractivity contribution in [1.29, 1.82) is 0 Å². The van der Waals surface area contributed by atoms with E-state index in [4.69, 9.17) is 0 Å². The zero-order valence-electron chi connectivity index (χ0n) is 12.2. The maximum Gasteiger partial charge on any atom is 0.0459 e. The topological polar surface area (TPSA) is 31.1 Å². The zero-order chi connectivity index (χ0) is 13.5. The number of aromatic amines is 1. The molecule has 2 aliphatic rings. The highest BCUT2D eigenvalue weighted by Gasteiger charge is 2.33. The van der Waals surface area contributed by atoms with Crippen molar-refractivity contribution in [2.45, 2.75) is 25.3 Å². The minimum absolute atomic E-state index is 0.696. The lowest BCUT2D eigenvalue weighted by Crippen LogP contribution is -2.38. The average molecular weight is 269 g/mol. The lowest BCUT2D eigenvalue weighted by molar-refractivity contribution is 0.214. The zero-order valence-corrected chi connectivity index (χ0v) is 12.2. The largest absolute Gasteiger partial charge is 0.357 e. The van der Waals surface area contributed by atoms with Crippen LogP contribution in [-0.4, -0.2) is 36.6 Å². The van der Waals surface area contributed by atoms with Crippen LogP contribution in [0.15, 0.2) is 24.3 Å². The summed E-state index contributed by atoms with van der Waals surface area (Å²) in [6.45, 7) is 4.64. The van der Waals surface area contributed by atoms with Crippen LogP contribution in [0.4, 0.5) is 0 Å². The van der Waals surface area contributed by atoms with Gasteiger partial charge in [0.15, 0.2) is 0 Å². The van der Waals surface area contributed by atoms with Crippen molar-refractivity contribution < 1.29 is 0 Å². The van der Waals surface area contributed by atoms with Crippen molar-refractivity contribution in [1.82, 2.24) is 15.2 Å². The fourth-order valence-corrected chi connectivity index (χ4v) is 4.16. The molecule has 20 heavy (non-hydrogen) atoms. The Morgan fingerprint density at radius 1 is 1.15 bits per heavy atom. The predicted octanol–water partition coefficient (Wildman–Crippen LogP) is 2.70. The van der Waals surface area contributed by atoms with Crippen molar-refractivity contribution in [3.05, 3.63) is 35.5 Å². The van der Waals surface area contributed by atoms with Gasteiger partial charge in [0.1, 0.15) is 0 Å². The minimum Gasteiger partial charge on any atom is -0.357 e. The van der Waals surface area contributed by atoms with E-state index in [0.717, 1.165) is 12.5 Å². The summed E-state index contributed by atoms with van der Waals surface area (Å²) in [5, 5.41) is 4.96. The number of benzene rings is 1. The lowest BCUT2D eigenvalue weighted by Gasteiger charge is -2.37. The van der Waals surface area contributed by atoms with E-state index in [1.54, 1.807) is 5.56 Å². The van der Waals surface area contributed by atoms with Crippen LogP contribution in [0, 0.1) is 5.92 Å². The number of para-hydroxylation sites is 1. The van der Waals surface area contributed by atoms with Crippen LogP contribution in [0.25, 0.3) is 10.9 Å². The SMILES string of the molecule is CN1Cc2[nH]c3ccccc3c2C(C2CCNCC2)C1. The highest BCUT2D eigenvalue weighted by molar-refractivity contribution is 5.85. The highest BCUT2D eigenvalue weighted by Crippen LogP contribution is 2.40. The van der Waals surface area contributed by atoms with Gasteiger partial charge in [-0.05, 0) is 50.5 Å². The number of H-pyrrole nitrogens is 1.